The van der Waals surface area contributed by atoms with E-state index in [9.17, 15) is 19.7 Å². The molecule has 0 unspecified atom stereocenters. The van der Waals surface area contributed by atoms with E-state index in [0.717, 1.165) is 0 Å². The third-order valence-corrected chi connectivity index (χ3v) is 4.29. The Labute approximate surface area is 178 Å². The van der Waals surface area contributed by atoms with Crippen LogP contribution in [-0.2, 0) is 4.79 Å². The molecule has 2 N–H and O–H groups in total. The summed E-state index contributed by atoms with van der Waals surface area (Å²) in [5.74, 6) is -0.365. The Morgan fingerprint density at radius 2 is 1.58 bits per heavy atom. The third-order valence-electron chi connectivity index (χ3n) is 4.29. The van der Waals surface area contributed by atoms with Crippen molar-refractivity contribution >= 4 is 29.3 Å². The van der Waals surface area contributed by atoms with Crippen molar-refractivity contribution in [1.82, 2.24) is 5.32 Å². The van der Waals surface area contributed by atoms with Crippen molar-refractivity contribution in [2.45, 2.75) is 0 Å². The molecule has 31 heavy (non-hydrogen) atoms. The number of hydrogen-bond donors (Lipinski definition) is 2. The Bertz CT molecular complexity index is 1110. The van der Waals surface area contributed by atoms with E-state index in [0.29, 0.717) is 22.6 Å². The summed E-state index contributed by atoms with van der Waals surface area (Å²) < 4.78 is 5.13. The number of non-ortho nitro benzene ring substituents is 1. The average Bonchev–Trinajstić information content (AvgIpc) is 2.80. The maximum absolute atomic E-state index is 12.9. The highest BCUT2D eigenvalue weighted by atomic mass is 16.6. The molecule has 156 valence electrons. The van der Waals surface area contributed by atoms with Gasteiger partial charge in [-0.1, -0.05) is 30.3 Å². The van der Waals surface area contributed by atoms with Crippen LogP contribution in [0.4, 0.5) is 11.4 Å². The van der Waals surface area contributed by atoms with Gasteiger partial charge in [0.15, 0.2) is 0 Å². The lowest BCUT2D eigenvalue weighted by Crippen LogP contribution is -2.30. The van der Waals surface area contributed by atoms with Crippen LogP contribution in [0, 0.1) is 10.1 Å². The van der Waals surface area contributed by atoms with Crippen LogP contribution in [0.15, 0.2) is 84.6 Å². The number of hydrogen-bond acceptors (Lipinski definition) is 5. The van der Waals surface area contributed by atoms with Gasteiger partial charge in [0.1, 0.15) is 11.4 Å². The van der Waals surface area contributed by atoms with Gasteiger partial charge in [0, 0.05) is 23.4 Å². The van der Waals surface area contributed by atoms with E-state index >= 15 is 0 Å². The van der Waals surface area contributed by atoms with Crippen LogP contribution in [0.25, 0.3) is 6.08 Å². The number of benzene rings is 3. The van der Waals surface area contributed by atoms with Crippen molar-refractivity contribution < 1.29 is 19.2 Å². The predicted octanol–water partition coefficient (Wildman–Crippen LogP) is 4.01. The number of nitro groups is 1. The molecule has 3 rings (SSSR count). The number of nitrogens with zero attached hydrogens (tertiary/aromatic N) is 1. The Balaban J connectivity index is 1.86. The number of ether oxygens (including phenoxy) is 1. The molecule has 0 radical (unpaired) electrons. The van der Waals surface area contributed by atoms with E-state index in [1.54, 1.807) is 61.7 Å². The molecule has 0 heterocycles. The summed E-state index contributed by atoms with van der Waals surface area (Å²) in [5, 5.41) is 16.1. The van der Waals surface area contributed by atoms with Gasteiger partial charge in [0.2, 0.25) is 0 Å². The fourth-order valence-electron chi connectivity index (χ4n) is 2.67. The summed E-state index contributed by atoms with van der Waals surface area (Å²) in [6, 6.07) is 20.8. The molecule has 3 aromatic rings. The highest BCUT2D eigenvalue weighted by Crippen LogP contribution is 2.17. The van der Waals surface area contributed by atoms with Crippen LogP contribution < -0.4 is 15.4 Å². The zero-order valence-electron chi connectivity index (χ0n) is 16.6. The van der Waals surface area contributed by atoms with Crippen molar-refractivity contribution in [3.63, 3.8) is 0 Å². The van der Waals surface area contributed by atoms with Crippen LogP contribution in [0.5, 0.6) is 5.75 Å². The number of nitro benzene ring substituents is 1. The second kappa shape index (κ2) is 9.84. The first-order valence-electron chi connectivity index (χ1n) is 9.24. The summed E-state index contributed by atoms with van der Waals surface area (Å²) >= 11 is 0. The van der Waals surface area contributed by atoms with Crippen LogP contribution in [0.1, 0.15) is 15.9 Å². The molecule has 8 nitrogen and oxygen atoms in total. The summed E-state index contributed by atoms with van der Waals surface area (Å²) in [4.78, 5) is 35.7. The van der Waals surface area contributed by atoms with Gasteiger partial charge in [-0.15, -0.1) is 0 Å². The number of rotatable bonds is 7. The van der Waals surface area contributed by atoms with Gasteiger partial charge in [0.05, 0.1) is 12.0 Å². The first-order chi connectivity index (χ1) is 15.0. The molecular formula is C23H19N3O5. The molecular weight excluding hydrogens is 398 g/mol. The van der Waals surface area contributed by atoms with Crippen LogP contribution >= 0.6 is 0 Å². The van der Waals surface area contributed by atoms with Crippen LogP contribution in [0.3, 0.4) is 0 Å². The van der Waals surface area contributed by atoms with E-state index in [2.05, 4.69) is 10.6 Å². The second-order valence-corrected chi connectivity index (χ2v) is 6.41. The molecule has 0 aliphatic rings. The number of carbonyl (C=O) groups is 2. The maximum Gasteiger partial charge on any atom is 0.272 e. The third kappa shape index (κ3) is 5.77. The highest BCUT2D eigenvalue weighted by Gasteiger charge is 2.15. The molecule has 3 aromatic carbocycles. The standard InChI is InChI=1S/C23H19N3O5/c1-31-20-13-7-16(8-14-20)15-21(25-22(27)17-5-3-2-4-6-17)23(28)24-18-9-11-19(12-10-18)26(29)30/h2-15H,1H3,(H,24,28)(H,25,27)/b21-15+. The minimum atomic E-state index is -0.575. The van der Waals surface area contributed by atoms with E-state index in [-0.39, 0.29) is 11.4 Å². The highest BCUT2D eigenvalue weighted by molar-refractivity contribution is 6.10. The minimum absolute atomic E-state index is 0.0115. The minimum Gasteiger partial charge on any atom is -0.497 e. The van der Waals surface area contributed by atoms with Gasteiger partial charge < -0.3 is 15.4 Å². The Hall–Kier alpha value is -4.46. The summed E-state index contributed by atoms with van der Waals surface area (Å²) in [7, 11) is 1.55. The zero-order valence-corrected chi connectivity index (χ0v) is 16.6. The van der Waals surface area contributed by atoms with Crippen LogP contribution in [-0.4, -0.2) is 23.8 Å². The van der Waals surface area contributed by atoms with E-state index in [4.69, 9.17) is 4.74 Å². The summed E-state index contributed by atoms with van der Waals surface area (Å²) in [5.41, 5.74) is 1.33. The predicted molar refractivity (Wildman–Crippen MR) is 117 cm³/mol. The SMILES string of the molecule is COc1ccc(/C=C(/NC(=O)c2ccccc2)C(=O)Nc2ccc([N+](=O)[O-])cc2)cc1. The van der Waals surface area contributed by atoms with Gasteiger partial charge in [0.25, 0.3) is 17.5 Å². The largest absolute Gasteiger partial charge is 0.497 e. The first-order valence-corrected chi connectivity index (χ1v) is 9.24. The molecule has 0 aliphatic heterocycles. The second-order valence-electron chi connectivity index (χ2n) is 6.41. The lowest BCUT2D eigenvalue weighted by atomic mass is 10.1. The molecule has 0 saturated heterocycles. The fourth-order valence-corrected chi connectivity index (χ4v) is 2.67. The molecule has 8 heteroatoms. The van der Waals surface area contributed by atoms with Crippen molar-refractivity contribution in [1.29, 1.82) is 0 Å². The lowest BCUT2D eigenvalue weighted by molar-refractivity contribution is -0.384. The smallest absolute Gasteiger partial charge is 0.272 e. The molecule has 0 spiro atoms. The lowest BCUT2D eigenvalue weighted by Gasteiger charge is -2.11. The molecule has 0 atom stereocenters. The monoisotopic (exact) mass is 417 g/mol. The van der Waals surface area contributed by atoms with Gasteiger partial charge >= 0.3 is 0 Å². The van der Waals surface area contributed by atoms with Gasteiger partial charge in [-0.2, -0.15) is 0 Å². The quantitative estimate of drug-likeness (QED) is 0.343. The molecule has 0 fully saturated rings. The normalized spacial score (nSPS) is 10.8. The van der Waals surface area contributed by atoms with Crippen molar-refractivity contribution in [2.75, 3.05) is 12.4 Å². The Morgan fingerprint density at radius 3 is 2.16 bits per heavy atom. The van der Waals surface area contributed by atoms with Crippen LogP contribution in [0.2, 0.25) is 0 Å². The van der Waals surface area contributed by atoms with Gasteiger partial charge in [-0.05, 0) is 48.0 Å². The van der Waals surface area contributed by atoms with Gasteiger partial charge in [-0.25, -0.2) is 0 Å². The fraction of sp³-hybridized carbons (Fsp3) is 0.0435. The number of methoxy groups -OCH3 is 1. The Morgan fingerprint density at radius 1 is 0.935 bits per heavy atom. The molecule has 0 saturated carbocycles. The van der Waals surface area contributed by atoms with Crippen molar-refractivity contribution in [2.24, 2.45) is 0 Å². The number of carbonyl (C=O) groups excluding carboxylic acids is 2. The summed E-state index contributed by atoms with van der Waals surface area (Å²) in [6.45, 7) is 0. The van der Waals surface area contributed by atoms with E-state index in [1.807, 2.05) is 0 Å². The molecule has 2 amide bonds. The van der Waals surface area contributed by atoms with Crippen molar-refractivity contribution in [3.05, 3.63) is 106 Å². The van der Waals surface area contributed by atoms with E-state index < -0.39 is 16.7 Å². The average molecular weight is 417 g/mol. The van der Waals surface area contributed by atoms with E-state index in [1.165, 1.54) is 30.3 Å². The zero-order chi connectivity index (χ0) is 22.2. The summed E-state index contributed by atoms with van der Waals surface area (Å²) in [6.07, 6.45) is 1.53. The number of nitrogens with one attached hydrogen (secondary N) is 2. The molecule has 0 bridgehead atoms. The van der Waals surface area contributed by atoms with Gasteiger partial charge in [-0.3, -0.25) is 19.7 Å². The topological polar surface area (TPSA) is 111 Å². The van der Waals surface area contributed by atoms with Crippen molar-refractivity contribution in [3.8, 4) is 5.75 Å². The molecule has 0 aliphatic carbocycles. The molecule has 0 aromatic heterocycles. The Kier molecular flexibility index (Phi) is 6.74. The first kappa shape index (κ1) is 21.3. The number of amides is 2. The maximum atomic E-state index is 12.9. The number of anilines is 1.